The highest BCUT2D eigenvalue weighted by Gasteiger charge is 2.08. The maximum Gasteiger partial charge on any atom is 0.356 e. The lowest BCUT2D eigenvalue weighted by Crippen LogP contribution is -2.02. The highest BCUT2D eigenvalue weighted by molar-refractivity contribution is 9.10. The second kappa shape index (κ2) is 4.63. The predicted octanol–water partition coefficient (Wildman–Crippen LogP) is 2.91. The predicted molar refractivity (Wildman–Crippen MR) is 66.9 cm³/mol. The van der Waals surface area contributed by atoms with Gasteiger partial charge in [-0.1, -0.05) is 22.0 Å². The summed E-state index contributed by atoms with van der Waals surface area (Å²) in [6.45, 7) is 1.97. The zero-order valence-electron chi connectivity index (χ0n) is 9.01. The van der Waals surface area contributed by atoms with Crippen LogP contribution < -0.4 is 0 Å². The lowest BCUT2D eigenvalue weighted by Gasteiger charge is -2.05. The van der Waals surface area contributed by atoms with Crippen LogP contribution in [0, 0.1) is 6.92 Å². The fourth-order valence-corrected chi connectivity index (χ4v) is 1.82. The van der Waals surface area contributed by atoms with E-state index in [1.807, 2.05) is 25.1 Å². The van der Waals surface area contributed by atoms with E-state index < -0.39 is 5.97 Å². The highest BCUT2D eigenvalue weighted by atomic mass is 79.9. The molecule has 0 saturated heterocycles. The van der Waals surface area contributed by atoms with Crippen molar-refractivity contribution < 1.29 is 9.90 Å². The van der Waals surface area contributed by atoms with Crippen molar-refractivity contribution in [3.8, 4) is 11.3 Å². The molecule has 2 aromatic rings. The van der Waals surface area contributed by atoms with Crippen LogP contribution in [0.15, 0.2) is 34.8 Å². The highest BCUT2D eigenvalue weighted by Crippen LogP contribution is 2.24. The number of aryl methyl sites for hydroxylation is 1. The Morgan fingerprint density at radius 1 is 1.24 bits per heavy atom. The molecule has 0 amide bonds. The standard InChI is InChI=1S/C12H9BrN2O2/c1-7-2-3-8(13)6-9(7)10-4-5-11(12(16)17)15-14-10/h2-6H,1H3,(H,16,17). The first-order valence-corrected chi connectivity index (χ1v) is 5.71. The van der Waals surface area contributed by atoms with Crippen molar-refractivity contribution >= 4 is 21.9 Å². The van der Waals surface area contributed by atoms with Gasteiger partial charge in [-0.3, -0.25) is 0 Å². The molecule has 0 aliphatic carbocycles. The van der Waals surface area contributed by atoms with Gasteiger partial charge in [0.2, 0.25) is 0 Å². The van der Waals surface area contributed by atoms with Gasteiger partial charge in [0, 0.05) is 10.0 Å². The van der Waals surface area contributed by atoms with Crippen molar-refractivity contribution in [2.45, 2.75) is 6.92 Å². The van der Waals surface area contributed by atoms with Crippen LogP contribution in [-0.4, -0.2) is 21.3 Å². The molecule has 4 nitrogen and oxygen atoms in total. The van der Waals surface area contributed by atoms with E-state index in [-0.39, 0.29) is 5.69 Å². The van der Waals surface area contributed by atoms with E-state index in [2.05, 4.69) is 26.1 Å². The summed E-state index contributed by atoms with van der Waals surface area (Å²) in [5.41, 5.74) is 2.60. The van der Waals surface area contributed by atoms with Crippen LogP contribution in [0.3, 0.4) is 0 Å². The summed E-state index contributed by atoms with van der Waals surface area (Å²) >= 11 is 3.39. The summed E-state index contributed by atoms with van der Waals surface area (Å²) in [6, 6.07) is 8.94. The van der Waals surface area contributed by atoms with Crippen LogP contribution in [-0.2, 0) is 0 Å². The second-order valence-electron chi connectivity index (χ2n) is 3.57. The van der Waals surface area contributed by atoms with E-state index in [1.165, 1.54) is 6.07 Å². The second-order valence-corrected chi connectivity index (χ2v) is 4.48. The third-order valence-electron chi connectivity index (χ3n) is 2.36. The number of aromatic nitrogens is 2. The Balaban J connectivity index is 2.46. The largest absolute Gasteiger partial charge is 0.476 e. The summed E-state index contributed by atoms with van der Waals surface area (Å²) in [5, 5.41) is 16.3. The van der Waals surface area contributed by atoms with Crippen LogP contribution in [0.1, 0.15) is 16.1 Å². The van der Waals surface area contributed by atoms with E-state index in [9.17, 15) is 4.79 Å². The van der Waals surface area contributed by atoms with Crippen LogP contribution >= 0.6 is 15.9 Å². The van der Waals surface area contributed by atoms with Gasteiger partial charge in [0.05, 0.1) is 5.69 Å². The summed E-state index contributed by atoms with van der Waals surface area (Å²) in [4.78, 5) is 10.7. The summed E-state index contributed by atoms with van der Waals surface area (Å²) in [5.74, 6) is -1.07. The number of nitrogens with zero attached hydrogens (tertiary/aromatic N) is 2. The topological polar surface area (TPSA) is 63.1 Å². The van der Waals surface area contributed by atoms with Gasteiger partial charge in [0.25, 0.3) is 0 Å². The maximum atomic E-state index is 10.7. The number of hydrogen-bond acceptors (Lipinski definition) is 3. The Bertz CT molecular complexity index is 567. The van der Waals surface area contributed by atoms with Gasteiger partial charge in [-0.05, 0) is 36.8 Å². The molecule has 17 heavy (non-hydrogen) atoms. The lowest BCUT2D eigenvalue weighted by atomic mass is 10.1. The molecule has 5 heteroatoms. The minimum atomic E-state index is -1.07. The van der Waals surface area contributed by atoms with Crippen molar-refractivity contribution in [1.29, 1.82) is 0 Å². The number of aromatic carboxylic acids is 1. The first-order valence-electron chi connectivity index (χ1n) is 4.91. The molecule has 86 valence electrons. The van der Waals surface area contributed by atoms with Crippen molar-refractivity contribution in [3.05, 3.63) is 46.1 Å². The number of benzene rings is 1. The Hall–Kier alpha value is -1.75. The molecular weight excluding hydrogens is 284 g/mol. The van der Waals surface area contributed by atoms with Gasteiger partial charge in [-0.15, -0.1) is 10.2 Å². The van der Waals surface area contributed by atoms with Crippen molar-refractivity contribution in [1.82, 2.24) is 10.2 Å². The molecule has 1 N–H and O–H groups in total. The molecule has 1 aromatic heterocycles. The van der Waals surface area contributed by atoms with Crippen LogP contribution in [0.2, 0.25) is 0 Å². The van der Waals surface area contributed by atoms with Gasteiger partial charge in [0.15, 0.2) is 5.69 Å². The molecule has 2 rings (SSSR count). The minimum Gasteiger partial charge on any atom is -0.476 e. The molecule has 0 bridgehead atoms. The van der Waals surface area contributed by atoms with Gasteiger partial charge >= 0.3 is 5.97 Å². The molecular formula is C12H9BrN2O2. The van der Waals surface area contributed by atoms with E-state index in [1.54, 1.807) is 6.07 Å². The van der Waals surface area contributed by atoms with E-state index in [4.69, 9.17) is 5.11 Å². The fourth-order valence-electron chi connectivity index (χ4n) is 1.46. The number of carboxylic acid groups (broad SMARTS) is 1. The van der Waals surface area contributed by atoms with Crippen molar-refractivity contribution in [3.63, 3.8) is 0 Å². The molecule has 0 atom stereocenters. The van der Waals surface area contributed by atoms with Crippen LogP contribution in [0.25, 0.3) is 11.3 Å². The molecule has 1 aromatic carbocycles. The number of halogens is 1. The van der Waals surface area contributed by atoms with Gasteiger partial charge in [-0.25, -0.2) is 4.79 Å². The molecule has 1 heterocycles. The molecule has 0 spiro atoms. The molecule has 0 aliphatic rings. The van der Waals surface area contributed by atoms with Crippen LogP contribution in [0.4, 0.5) is 0 Å². The Morgan fingerprint density at radius 2 is 2.00 bits per heavy atom. The lowest BCUT2D eigenvalue weighted by molar-refractivity contribution is 0.0689. The summed E-state index contributed by atoms with van der Waals surface area (Å²) in [6.07, 6.45) is 0. The van der Waals surface area contributed by atoms with E-state index in [0.29, 0.717) is 5.69 Å². The average Bonchev–Trinajstić information content (AvgIpc) is 2.32. The smallest absolute Gasteiger partial charge is 0.356 e. The third-order valence-corrected chi connectivity index (χ3v) is 2.85. The Labute approximate surface area is 106 Å². The van der Waals surface area contributed by atoms with Crippen molar-refractivity contribution in [2.24, 2.45) is 0 Å². The third kappa shape index (κ3) is 2.50. The zero-order valence-corrected chi connectivity index (χ0v) is 10.6. The first-order chi connectivity index (χ1) is 8.08. The SMILES string of the molecule is Cc1ccc(Br)cc1-c1ccc(C(=O)O)nn1. The Morgan fingerprint density at radius 3 is 2.59 bits per heavy atom. The Kier molecular flexibility index (Phi) is 3.19. The maximum absolute atomic E-state index is 10.7. The van der Waals surface area contributed by atoms with Gasteiger partial charge in [-0.2, -0.15) is 0 Å². The molecule has 0 aliphatic heterocycles. The van der Waals surface area contributed by atoms with E-state index >= 15 is 0 Å². The summed E-state index contributed by atoms with van der Waals surface area (Å²) in [7, 11) is 0. The fraction of sp³-hybridized carbons (Fsp3) is 0.0833. The first kappa shape index (κ1) is 11.7. The molecule has 0 unspecified atom stereocenters. The monoisotopic (exact) mass is 292 g/mol. The summed E-state index contributed by atoms with van der Waals surface area (Å²) < 4.78 is 0.946. The van der Waals surface area contributed by atoms with E-state index in [0.717, 1.165) is 15.6 Å². The molecule has 0 radical (unpaired) electrons. The number of rotatable bonds is 2. The zero-order chi connectivity index (χ0) is 12.4. The van der Waals surface area contributed by atoms with Gasteiger partial charge in [0.1, 0.15) is 0 Å². The average molecular weight is 293 g/mol. The number of carboxylic acids is 1. The molecule has 0 saturated carbocycles. The molecule has 0 fully saturated rings. The normalized spacial score (nSPS) is 10.2. The van der Waals surface area contributed by atoms with Crippen LogP contribution in [0.5, 0.6) is 0 Å². The minimum absolute atomic E-state index is 0.0543. The van der Waals surface area contributed by atoms with Crippen molar-refractivity contribution in [2.75, 3.05) is 0 Å². The number of carbonyl (C=O) groups is 1. The quantitative estimate of drug-likeness (QED) is 0.924. The number of hydrogen-bond donors (Lipinski definition) is 1. The van der Waals surface area contributed by atoms with Gasteiger partial charge < -0.3 is 5.11 Å².